The fourth-order valence-corrected chi connectivity index (χ4v) is 4.70. The van der Waals surface area contributed by atoms with E-state index in [0.29, 0.717) is 17.3 Å². The van der Waals surface area contributed by atoms with Crippen LogP contribution in [0.4, 0.5) is 0 Å². The highest BCUT2D eigenvalue weighted by Crippen LogP contribution is 2.32. The predicted molar refractivity (Wildman–Crippen MR) is 144 cm³/mol. The molecule has 0 unspecified atom stereocenters. The number of aromatic nitrogens is 2. The smallest absolute Gasteiger partial charge is 0.141 e. The monoisotopic (exact) mass is 481 g/mol. The molecule has 1 aliphatic heterocycles. The minimum atomic E-state index is -1.02. The molecule has 5 N–H and O–H groups in total. The van der Waals surface area contributed by atoms with Crippen LogP contribution in [0.15, 0.2) is 40.7 Å². The molecule has 1 fully saturated rings. The highest BCUT2D eigenvalue weighted by Gasteiger charge is 2.24. The first-order valence-electron chi connectivity index (χ1n) is 12.6. The van der Waals surface area contributed by atoms with E-state index in [0.717, 1.165) is 72.6 Å². The van der Waals surface area contributed by atoms with E-state index in [9.17, 15) is 5.11 Å². The number of likely N-dealkylation sites (N-methyl/N-ethyl adjacent to an activating group) is 1. The first-order valence-corrected chi connectivity index (χ1v) is 12.6. The molecule has 0 aromatic carbocycles. The lowest BCUT2D eigenvalue weighted by Gasteiger charge is -2.24. The van der Waals surface area contributed by atoms with E-state index in [2.05, 4.69) is 43.6 Å². The van der Waals surface area contributed by atoms with Gasteiger partial charge in [-0.05, 0) is 83.6 Å². The topological polar surface area (TPSA) is 103 Å². The lowest BCUT2D eigenvalue weighted by atomic mass is 10.00. The number of allylic oxidation sites excluding steroid dienone is 3. The molecule has 0 atom stereocenters. The lowest BCUT2D eigenvalue weighted by molar-refractivity contribution is 0.0615. The van der Waals surface area contributed by atoms with Gasteiger partial charge in [-0.3, -0.25) is 0 Å². The number of ether oxygens (including phenoxy) is 1. The van der Waals surface area contributed by atoms with Crippen LogP contribution in [0, 0.1) is 12.8 Å². The van der Waals surface area contributed by atoms with Gasteiger partial charge in [-0.1, -0.05) is 18.6 Å². The summed E-state index contributed by atoms with van der Waals surface area (Å²) in [5.41, 5.74) is 12.7. The van der Waals surface area contributed by atoms with Crippen molar-refractivity contribution < 1.29 is 9.84 Å². The Morgan fingerprint density at radius 2 is 1.94 bits per heavy atom. The van der Waals surface area contributed by atoms with E-state index in [1.165, 1.54) is 5.57 Å². The van der Waals surface area contributed by atoms with Crippen molar-refractivity contribution in [3.63, 3.8) is 0 Å². The Morgan fingerprint density at radius 3 is 2.49 bits per heavy atom. The van der Waals surface area contributed by atoms with Crippen molar-refractivity contribution in [3.8, 4) is 0 Å². The normalized spacial score (nSPS) is 17.2. The summed E-state index contributed by atoms with van der Waals surface area (Å²) in [6.07, 6.45) is 7.33. The second-order valence-electron chi connectivity index (χ2n) is 10.4. The summed E-state index contributed by atoms with van der Waals surface area (Å²) in [6, 6.07) is 4.00. The van der Waals surface area contributed by atoms with Gasteiger partial charge in [0.1, 0.15) is 11.2 Å². The van der Waals surface area contributed by atoms with E-state index in [4.69, 9.17) is 21.3 Å². The number of hydrogen-bond acceptors (Lipinski definition) is 6. The molecule has 7 nitrogen and oxygen atoms in total. The second-order valence-corrected chi connectivity index (χ2v) is 10.4. The van der Waals surface area contributed by atoms with Crippen molar-refractivity contribution in [1.29, 1.82) is 0 Å². The van der Waals surface area contributed by atoms with E-state index in [-0.39, 0.29) is 0 Å². The number of aliphatic hydroxyl groups is 1. The standard InChI is InChI=1S/C28H43N5O2/c1-8-18(2)15-22(26(20(4)29)32(7)30)16-24-19(3)23-9-10-25(28(5,6)34)31-27(23)33(24)17-21-11-13-35-14-12-21/h9-10,15-16,21,34H,8,11-14,17,29-30H2,1-7H3/b18-15+,22-16+,26-20-. The summed E-state index contributed by atoms with van der Waals surface area (Å²) in [5, 5.41) is 13.3. The molecule has 1 aliphatic rings. The minimum Gasteiger partial charge on any atom is -0.401 e. The zero-order chi connectivity index (χ0) is 25.9. The molecule has 0 aliphatic carbocycles. The Labute approximate surface area is 210 Å². The highest BCUT2D eigenvalue weighted by molar-refractivity contribution is 5.86. The van der Waals surface area contributed by atoms with Gasteiger partial charge < -0.3 is 25.2 Å². The van der Waals surface area contributed by atoms with Crippen LogP contribution in [-0.4, -0.2) is 39.9 Å². The summed E-state index contributed by atoms with van der Waals surface area (Å²) < 4.78 is 7.92. The van der Waals surface area contributed by atoms with Gasteiger partial charge in [-0.2, -0.15) is 0 Å². The molecule has 3 heterocycles. The molecule has 0 amide bonds. The number of aryl methyl sites for hydroxylation is 1. The maximum atomic E-state index is 10.7. The lowest BCUT2D eigenvalue weighted by Crippen LogP contribution is -2.28. The Balaban J connectivity index is 2.31. The van der Waals surface area contributed by atoms with Crippen LogP contribution in [0.2, 0.25) is 0 Å². The number of fused-ring (bicyclic) bond motifs is 1. The Morgan fingerprint density at radius 1 is 1.29 bits per heavy atom. The third-order valence-corrected chi connectivity index (χ3v) is 6.87. The van der Waals surface area contributed by atoms with Crippen LogP contribution < -0.4 is 11.6 Å². The van der Waals surface area contributed by atoms with E-state index in [1.54, 1.807) is 18.9 Å². The maximum Gasteiger partial charge on any atom is 0.141 e. The molecule has 0 radical (unpaired) electrons. The molecule has 3 rings (SSSR count). The molecule has 7 heteroatoms. The molecular weight excluding hydrogens is 438 g/mol. The largest absolute Gasteiger partial charge is 0.401 e. The van der Waals surface area contributed by atoms with Gasteiger partial charge in [0.25, 0.3) is 0 Å². The molecule has 2 aromatic heterocycles. The molecule has 192 valence electrons. The number of hydrogen-bond donors (Lipinski definition) is 3. The fourth-order valence-electron chi connectivity index (χ4n) is 4.70. The average molecular weight is 482 g/mol. The Hall–Kier alpha value is -2.61. The van der Waals surface area contributed by atoms with Crippen molar-refractivity contribution in [2.24, 2.45) is 17.5 Å². The first-order chi connectivity index (χ1) is 16.4. The molecule has 0 saturated carbocycles. The molecule has 0 bridgehead atoms. The highest BCUT2D eigenvalue weighted by atomic mass is 16.5. The number of nitrogens with two attached hydrogens (primary N) is 2. The Kier molecular flexibility index (Phi) is 8.46. The second kappa shape index (κ2) is 11.0. The zero-order valence-corrected chi connectivity index (χ0v) is 22.5. The van der Waals surface area contributed by atoms with E-state index < -0.39 is 5.60 Å². The number of nitrogens with zero attached hydrogens (tertiary/aromatic N) is 3. The first kappa shape index (κ1) is 27.0. The molecule has 0 spiro atoms. The van der Waals surface area contributed by atoms with Gasteiger partial charge in [0.2, 0.25) is 0 Å². The quantitative estimate of drug-likeness (QED) is 0.286. The van der Waals surface area contributed by atoms with Crippen LogP contribution in [0.25, 0.3) is 17.1 Å². The summed E-state index contributed by atoms with van der Waals surface area (Å²) in [6.45, 7) is 14.2. The predicted octanol–water partition coefficient (Wildman–Crippen LogP) is 4.73. The van der Waals surface area contributed by atoms with Gasteiger partial charge >= 0.3 is 0 Å². The Bertz CT molecular complexity index is 1140. The van der Waals surface area contributed by atoms with Gasteiger partial charge in [-0.15, -0.1) is 0 Å². The van der Waals surface area contributed by atoms with Crippen molar-refractivity contribution in [2.45, 2.75) is 73.0 Å². The number of pyridine rings is 1. The fraction of sp³-hybridized carbons (Fsp3) is 0.536. The van der Waals surface area contributed by atoms with Gasteiger partial charge in [-0.25, -0.2) is 10.8 Å². The van der Waals surface area contributed by atoms with Crippen LogP contribution >= 0.6 is 0 Å². The molecule has 1 saturated heterocycles. The molecule has 35 heavy (non-hydrogen) atoms. The van der Waals surface area contributed by atoms with E-state index in [1.807, 2.05) is 20.0 Å². The molecular formula is C28H43N5O2. The van der Waals surface area contributed by atoms with Crippen molar-refractivity contribution in [3.05, 3.63) is 57.7 Å². The van der Waals surface area contributed by atoms with Gasteiger partial charge in [0, 0.05) is 49.2 Å². The van der Waals surface area contributed by atoms with Crippen molar-refractivity contribution in [2.75, 3.05) is 20.3 Å². The van der Waals surface area contributed by atoms with Gasteiger partial charge in [0.05, 0.1) is 11.4 Å². The van der Waals surface area contributed by atoms with Crippen molar-refractivity contribution in [1.82, 2.24) is 14.6 Å². The summed E-state index contributed by atoms with van der Waals surface area (Å²) in [5.74, 6) is 6.74. The van der Waals surface area contributed by atoms with Gasteiger partial charge in [0.15, 0.2) is 0 Å². The average Bonchev–Trinajstić information content (AvgIpc) is 3.04. The summed E-state index contributed by atoms with van der Waals surface area (Å²) >= 11 is 0. The molecule has 2 aromatic rings. The SMILES string of the molecule is CC/C(C)=C/C(=C\c1c(C)c2ccc(C(C)(C)O)nc2n1CC1CCOCC1)C(=C(\C)N)/N(C)N. The third-order valence-electron chi connectivity index (χ3n) is 6.87. The number of hydrazine groups is 1. The van der Waals surface area contributed by atoms with Crippen LogP contribution in [0.5, 0.6) is 0 Å². The van der Waals surface area contributed by atoms with Crippen LogP contribution in [0.3, 0.4) is 0 Å². The summed E-state index contributed by atoms with van der Waals surface area (Å²) in [7, 11) is 1.82. The van der Waals surface area contributed by atoms with Crippen LogP contribution in [0.1, 0.15) is 70.8 Å². The minimum absolute atomic E-state index is 0.498. The third kappa shape index (κ3) is 6.15. The maximum absolute atomic E-state index is 10.7. The van der Waals surface area contributed by atoms with Crippen LogP contribution in [-0.2, 0) is 16.9 Å². The van der Waals surface area contributed by atoms with Crippen molar-refractivity contribution >= 4 is 17.1 Å². The van der Waals surface area contributed by atoms with E-state index >= 15 is 0 Å². The zero-order valence-electron chi connectivity index (χ0n) is 22.5. The number of rotatable bonds is 8. The summed E-state index contributed by atoms with van der Waals surface area (Å²) in [4.78, 5) is 4.96.